The Balaban J connectivity index is 1.91. The van der Waals surface area contributed by atoms with Crippen molar-refractivity contribution in [3.63, 3.8) is 0 Å². The molecule has 0 radical (unpaired) electrons. The van der Waals surface area contributed by atoms with Gasteiger partial charge in [-0.15, -0.1) is 0 Å². The molecule has 0 spiro atoms. The molecule has 0 aliphatic carbocycles. The van der Waals surface area contributed by atoms with Crippen LogP contribution in [0.25, 0.3) is 6.08 Å². The first kappa shape index (κ1) is 14.2. The van der Waals surface area contributed by atoms with Gasteiger partial charge in [0.1, 0.15) is 0 Å². The van der Waals surface area contributed by atoms with Crippen LogP contribution in [0.4, 0.5) is 5.69 Å². The summed E-state index contributed by atoms with van der Waals surface area (Å²) in [4.78, 5) is 11.7. The van der Waals surface area contributed by atoms with Crippen molar-refractivity contribution in [3.05, 3.63) is 70.8 Å². The summed E-state index contributed by atoms with van der Waals surface area (Å²) in [6.45, 7) is 0.403. The predicted octanol–water partition coefficient (Wildman–Crippen LogP) is 3.25. The third-order valence-electron chi connectivity index (χ3n) is 2.75. The van der Waals surface area contributed by atoms with Crippen molar-refractivity contribution in [3.8, 4) is 0 Å². The zero-order valence-corrected chi connectivity index (χ0v) is 11.6. The van der Waals surface area contributed by atoms with Gasteiger partial charge in [0.2, 0.25) is 5.91 Å². The van der Waals surface area contributed by atoms with Gasteiger partial charge in [0, 0.05) is 23.3 Å². The van der Waals surface area contributed by atoms with E-state index in [1.165, 1.54) is 6.08 Å². The highest BCUT2D eigenvalue weighted by Gasteiger charge is 2.00. The van der Waals surface area contributed by atoms with E-state index in [0.717, 1.165) is 11.1 Å². The monoisotopic (exact) mass is 286 g/mol. The van der Waals surface area contributed by atoms with Crippen LogP contribution in [0.15, 0.2) is 54.6 Å². The smallest absolute Gasteiger partial charge is 0.244 e. The van der Waals surface area contributed by atoms with Crippen LogP contribution in [0.2, 0.25) is 5.02 Å². The number of carbonyl (C=O) groups is 1. The van der Waals surface area contributed by atoms with E-state index in [-0.39, 0.29) is 5.91 Å². The molecular formula is C16H15ClN2O. The summed E-state index contributed by atoms with van der Waals surface area (Å²) >= 11 is 6.01. The standard InChI is InChI=1S/C16H15ClN2O/c17-15-7-2-1-5-13(15)11-19-16(20)9-8-12-4-3-6-14(18)10-12/h1-10H,11,18H2,(H,19,20)/b9-8+. The Morgan fingerprint density at radius 3 is 2.75 bits per heavy atom. The number of halogens is 1. The zero-order valence-electron chi connectivity index (χ0n) is 10.8. The second kappa shape index (κ2) is 6.78. The van der Waals surface area contributed by atoms with E-state index in [0.29, 0.717) is 17.3 Å². The molecule has 3 N–H and O–H groups in total. The summed E-state index contributed by atoms with van der Waals surface area (Å²) < 4.78 is 0. The number of nitrogen functional groups attached to an aromatic ring is 1. The molecule has 2 aromatic rings. The molecular weight excluding hydrogens is 272 g/mol. The van der Waals surface area contributed by atoms with Gasteiger partial charge in [-0.1, -0.05) is 41.9 Å². The average molecular weight is 287 g/mol. The number of rotatable bonds is 4. The van der Waals surface area contributed by atoms with Crippen molar-refractivity contribution in [2.75, 3.05) is 5.73 Å². The maximum atomic E-state index is 11.7. The van der Waals surface area contributed by atoms with Gasteiger partial charge in [0.05, 0.1) is 0 Å². The van der Waals surface area contributed by atoms with Crippen molar-refractivity contribution >= 4 is 29.3 Å². The molecule has 102 valence electrons. The molecule has 0 fully saturated rings. The van der Waals surface area contributed by atoms with Crippen molar-refractivity contribution < 1.29 is 4.79 Å². The molecule has 0 bridgehead atoms. The molecule has 3 nitrogen and oxygen atoms in total. The van der Waals surface area contributed by atoms with Crippen LogP contribution in [0.1, 0.15) is 11.1 Å². The fourth-order valence-electron chi connectivity index (χ4n) is 1.72. The van der Waals surface area contributed by atoms with Crippen LogP contribution in [0, 0.1) is 0 Å². The highest BCUT2D eigenvalue weighted by atomic mass is 35.5. The second-order valence-corrected chi connectivity index (χ2v) is 4.72. The van der Waals surface area contributed by atoms with Gasteiger partial charge >= 0.3 is 0 Å². The first-order chi connectivity index (χ1) is 9.65. The van der Waals surface area contributed by atoms with E-state index in [9.17, 15) is 4.79 Å². The quantitative estimate of drug-likeness (QED) is 0.669. The van der Waals surface area contributed by atoms with Crippen LogP contribution in [0.5, 0.6) is 0 Å². The summed E-state index contributed by atoms with van der Waals surface area (Å²) in [6, 6.07) is 14.7. The Morgan fingerprint density at radius 2 is 2.00 bits per heavy atom. The van der Waals surface area contributed by atoms with E-state index >= 15 is 0 Å². The molecule has 2 rings (SSSR count). The van der Waals surface area contributed by atoms with Gasteiger partial charge in [-0.05, 0) is 35.4 Å². The topological polar surface area (TPSA) is 55.1 Å². The summed E-state index contributed by atoms with van der Waals surface area (Å²) in [6.07, 6.45) is 3.20. The first-order valence-electron chi connectivity index (χ1n) is 6.20. The van der Waals surface area contributed by atoms with Crippen LogP contribution in [0.3, 0.4) is 0 Å². The van der Waals surface area contributed by atoms with E-state index in [2.05, 4.69) is 5.32 Å². The van der Waals surface area contributed by atoms with Crippen molar-refractivity contribution in [2.24, 2.45) is 0 Å². The van der Waals surface area contributed by atoms with Gasteiger partial charge < -0.3 is 11.1 Å². The van der Waals surface area contributed by atoms with Crippen LogP contribution >= 0.6 is 11.6 Å². The molecule has 4 heteroatoms. The Hall–Kier alpha value is -2.26. The summed E-state index contributed by atoms with van der Waals surface area (Å²) in [5.74, 6) is -0.174. The number of nitrogens with one attached hydrogen (secondary N) is 1. The maximum absolute atomic E-state index is 11.7. The molecule has 0 heterocycles. The normalized spacial score (nSPS) is 10.7. The average Bonchev–Trinajstić information content (AvgIpc) is 2.44. The number of benzene rings is 2. The SMILES string of the molecule is Nc1cccc(/C=C/C(=O)NCc2ccccc2Cl)c1. The minimum absolute atomic E-state index is 0.174. The lowest BCUT2D eigenvalue weighted by Crippen LogP contribution is -2.20. The number of carbonyl (C=O) groups excluding carboxylic acids is 1. The largest absolute Gasteiger partial charge is 0.399 e. The lowest BCUT2D eigenvalue weighted by molar-refractivity contribution is -0.116. The minimum atomic E-state index is -0.174. The molecule has 0 saturated carbocycles. The van der Waals surface area contributed by atoms with Crippen LogP contribution < -0.4 is 11.1 Å². The molecule has 20 heavy (non-hydrogen) atoms. The van der Waals surface area contributed by atoms with E-state index in [1.54, 1.807) is 24.3 Å². The lowest BCUT2D eigenvalue weighted by Gasteiger charge is -2.04. The van der Waals surface area contributed by atoms with Crippen molar-refractivity contribution in [1.29, 1.82) is 0 Å². The highest BCUT2D eigenvalue weighted by Crippen LogP contribution is 2.14. The Kier molecular flexibility index (Phi) is 4.80. The number of nitrogens with two attached hydrogens (primary N) is 1. The third-order valence-corrected chi connectivity index (χ3v) is 3.12. The number of amides is 1. The first-order valence-corrected chi connectivity index (χ1v) is 6.58. The van der Waals surface area contributed by atoms with Crippen molar-refractivity contribution in [1.82, 2.24) is 5.32 Å². The molecule has 2 aromatic carbocycles. The van der Waals surface area contributed by atoms with Gasteiger partial charge in [-0.3, -0.25) is 4.79 Å². The third kappa shape index (κ3) is 4.14. The van der Waals surface area contributed by atoms with Gasteiger partial charge in [-0.2, -0.15) is 0 Å². The summed E-state index contributed by atoms with van der Waals surface area (Å²) in [5, 5.41) is 3.43. The lowest BCUT2D eigenvalue weighted by atomic mass is 10.2. The number of hydrogen-bond acceptors (Lipinski definition) is 2. The van der Waals surface area contributed by atoms with Gasteiger partial charge in [-0.25, -0.2) is 0 Å². The summed E-state index contributed by atoms with van der Waals surface area (Å²) in [5.41, 5.74) is 8.11. The minimum Gasteiger partial charge on any atom is -0.399 e. The molecule has 0 aliphatic heterocycles. The predicted molar refractivity (Wildman–Crippen MR) is 83.2 cm³/mol. The maximum Gasteiger partial charge on any atom is 0.244 e. The fourth-order valence-corrected chi connectivity index (χ4v) is 1.92. The van der Waals surface area contributed by atoms with E-state index in [4.69, 9.17) is 17.3 Å². The number of anilines is 1. The molecule has 0 atom stereocenters. The molecule has 0 unspecified atom stereocenters. The molecule has 0 aromatic heterocycles. The number of hydrogen-bond donors (Lipinski definition) is 2. The van der Waals surface area contributed by atoms with E-state index < -0.39 is 0 Å². The Bertz CT molecular complexity index is 638. The second-order valence-electron chi connectivity index (χ2n) is 4.31. The van der Waals surface area contributed by atoms with Gasteiger partial charge in [0.25, 0.3) is 0 Å². The Morgan fingerprint density at radius 1 is 1.20 bits per heavy atom. The molecule has 0 aliphatic rings. The van der Waals surface area contributed by atoms with Gasteiger partial charge in [0.15, 0.2) is 0 Å². The highest BCUT2D eigenvalue weighted by molar-refractivity contribution is 6.31. The zero-order chi connectivity index (χ0) is 14.4. The summed E-state index contributed by atoms with van der Waals surface area (Å²) in [7, 11) is 0. The van der Waals surface area contributed by atoms with Crippen LogP contribution in [-0.2, 0) is 11.3 Å². The van der Waals surface area contributed by atoms with Crippen LogP contribution in [-0.4, -0.2) is 5.91 Å². The fraction of sp³-hybridized carbons (Fsp3) is 0.0625. The van der Waals surface area contributed by atoms with Crippen molar-refractivity contribution in [2.45, 2.75) is 6.54 Å². The van der Waals surface area contributed by atoms with E-state index in [1.807, 2.05) is 30.3 Å². The Labute approximate surface area is 123 Å². The molecule has 0 saturated heterocycles. The molecule has 1 amide bonds.